The molecule has 1 aliphatic carbocycles. The predicted molar refractivity (Wildman–Crippen MR) is 158 cm³/mol. The van der Waals surface area contributed by atoms with Crippen LogP contribution in [0.3, 0.4) is 0 Å². The highest BCUT2D eigenvalue weighted by Gasteiger charge is 2.46. The van der Waals surface area contributed by atoms with Crippen molar-refractivity contribution in [3.8, 4) is 22.6 Å². The maximum absolute atomic E-state index is 10.5. The Hall–Kier alpha value is -0.600. The van der Waals surface area contributed by atoms with E-state index in [4.69, 9.17) is 0 Å². The number of fused-ring (bicyclic) bond motifs is 3. The van der Waals surface area contributed by atoms with Crippen LogP contribution in [0.15, 0.2) is 72.8 Å². The Balaban J connectivity index is 2.00. The Kier molecular flexibility index (Phi) is 5.96. The van der Waals surface area contributed by atoms with Gasteiger partial charge in [0.1, 0.15) is 11.5 Å². The Bertz CT molecular complexity index is 1210. The monoisotopic (exact) mass is 854 g/mol. The van der Waals surface area contributed by atoms with Crippen molar-refractivity contribution in [1.29, 1.82) is 0 Å². The fourth-order valence-corrected chi connectivity index (χ4v) is 8.12. The molecule has 0 bridgehead atoms. The number of phenols is 2. The summed E-state index contributed by atoms with van der Waals surface area (Å²) in [6.45, 7) is 0. The molecule has 2 N–H and O–H groups in total. The van der Waals surface area contributed by atoms with Crippen molar-refractivity contribution in [3.63, 3.8) is 0 Å². The van der Waals surface area contributed by atoms with Crippen LogP contribution in [0.1, 0.15) is 22.3 Å². The van der Waals surface area contributed by atoms with Gasteiger partial charge in [-0.05, 0) is 148 Å². The SMILES string of the molecule is Oc1c(I)cc(C2(c3cc(I)c(O)c(I)c3)c3ccccc3-c3ccccc32)cc1I. The number of phenolic OH excluding ortho intramolecular Hbond substituents is 2. The molecule has 0 heterocycles. The second kappa shape index (κ2) is 8.32. The van der Waals surface area contributed by atoms with E-state index in [9.17, 15) is 10.2 Å². The highest BCUT2D eigenvalue weighted by Crippen LogP contribution is 2.57. The normalized spacial score (nSPS) is 13.7. The minimum atomic E-state index is -0.547. The van der Waals surface area contributed by atoms with Crippen LogP contribution >= 0.6 is 90.4 Å². The average molecular weight is 854 g/mol. The topological polar surface area (TPSA) is 40.5 Å². The number of hydrogen-bond acceptors (Lipinski definition) is 2. The number of aromatic hydroxyl groups is 2. The van der Waals surface area contributed by atoms with E-state index in [1.165, 1.54) is 22.3 Å². The molecule has 0 saturated carbocycles. The van der Waals surface area contributed by atoms with E-state index >= 15 is 0 Å². The largest absolute Gasteiger partial charge is 0.506 e. The maximum Gasteiger partial charge on any atom is 0.142 e. The lowest BCUT2D eigenvalue weighted by molar-refractivity contribution is 0.466. The van der Waals surface area contributed by atoms with Crippen LogP contribution in [0, 0.1) is 14.3 Å². The van der Waals surface area contributed by atoms with Gasteiger partial charge in [0, 0.05) is 0 Å². The molecule has 154 valence electrons. The van der Waals surface area contributed by atoms with E-state index in [0.29, 0.717) is 11.5 Å². The van der Waals surface area contributed by atoms with E-state index in [-0.39, 0.29) is 0 Å². The van der Waals surface area contributed by atoms with Crippen molar-refractivity contribution in [2.45, 2.75) is 5.41 Å². The van der Waals surface area contributed by atoms with Gasteiger partial charge in [0.2, 0.25) is 0 Å². The molecule has 0 aliphatic heterocycles. The number of hydrogen-bond donors (Lipinski definition) is 2. The Morgan fingerprint density at radius 1 is 0.516 bits per heavy atom. The molecular weight excluding hydrogens is 840 g/mol. The van der Waals surface area contributed by atoms with Crippen LogP contribution in [0.4, 0.5) is 0 Å². The molecule has 0 radical (unpaired) electrons. The summed E-state index contributed by atoms with van der Waals surface area (Å²) in [5, 5.41) is 21.0. The Labute approximate surface area is 235 Å². The van der Waals surface area contributed by atoms with Gasteiger partial charge in [-0.15, -0.1) is 0 Å². The first-order chi connectivity index (χ1) is 14.9. The van der Waals surface area contributed by atoms with Gasteiger partial charge in [-0.3, -0.25) is 0 Å². The van der Waals surface area contributed by atoms with Gasteiger partial charge in [0.05, 0.1) is 19.7 Å². The van der Waals surface area contributed by atoms with Crippen molar-refractivity contribution in [1.82, 2.24) is 0 Å². The molecule has 0 saturated heterocycles. The van der Waals surface area contributed by atoms with Crippen molar-refractivity contribution >= 4 is 90.4 Å². The van der Waals surface area contributed by atoms with Gasteiger partial charge in [-0.25, -0.2) is 0 Å². The molecule has 4 aromatic rings. The van der Waals surface area contributed by atoms with Crippen molar-refractivity contribution < 1.29 is 10.2 Å². The molecular formula is C25H14I4O2. The molecule has 6 heteroatoms. The third kappa shape index (κ3) is 3.33. The molecule has 1 aliphatic rings. The van der Waals surface area contributed by atoms with Crippen LogP contribution < -0.4 is 0 Å². The van der Waals surface area contributed by atoms with Crippen molar-refractivity contribution in [3.05, 3.63) is 109 Å². The van der Waals surface area contributed by atoms with Crippen LogP contribution in [0.5, 0.6) is 11.5 Å². The number of benzene rings is 4. The second-order valence-electron chi connectivity index (χ2n) is 7.42. The fraction of sp³-hybridized carbons (Fsp3) is 0.0400. The predicted octanol–water partition coefficient (Wildman–Crippen LogP) is 7.88. The fourth-order valence-electron chi connectivity index (χ4n) is 4.59. The highest BCUT2D eigenvalue weighted by molar-refractivity contribution is 14.1. The molecule has 0 aromatic heterocycles. The minimum absolute atomic E-state index is 0.314. The summed E-state index contributed by atoms with van der Waals surface area (Å²) in [7, 11) is 0. The van der Waals surface area contributed by atoms with E-state index in [1.807, 2.05) is 0 Å². The summed E-state index contributed by atoms with van der Waals surface area (Å²) in [6.07, 6.45) is 0. The zero-order valence-electron chi connectivity index (χ0n) is 15.8. The molecule has 2 nitrogen and oxygen atoms in total. The molecule has 0 spiro atoms. The van der Waals surface area contributed by atoms with Gasteiger partial charge in [-0.2, -0.15) is 0 Å². The van der Waals surface area contributed by atoms with E-state index in [1.54, 1.807) is 0 Å². The summed E-state index contributed by atoms with van der Waals surface area (Å²) in [6, 6.07) is 25.5. The minimum Gasteiger partial charge on any atom is -0.506 e. The Morgan fingerprint density at radius 2 is 0.839 bits per heavy atom. The summed E-state index contributed by atoms with van der Waals surface area (Å²) < 4.78 is 3.29. The lowest BCUT2D eigenvalue weighted by Crippen LogP contribution is -2.29. The Morgan fingerprint density at radius 3 is 1.19 bits per heavy atom. The molecule has 4 aromatic carbocycles. The first-order valence-electron chi connectivity index (χ1n) is 9.42. The summed E-state index contributed by atoms with van der Waals surface area (Å²) in [4.78, 5) is 0. The van der Waals surface area contributed by atoms with Crippen molar-refractivity contribution in [2.75, 3.05) is 0 Å². The van der Waals surface area contributed by atoms with Crippen molar-refractivity contribution in [2.24, 2.45) is 0 Å². The lowest BCUT2D eigenvalue weighted by Gasteiger charge is -2.34. The van der Waals surface area contributed by atoms with Gasteiger partial charge in [0.15, 0.2) is 0 Å². The third-order valence-corrected chi connectivity index (χ3v) is 9.14. The van der Waals surface area contributed by atoms with Crippen LogP contribution in [-0.4, -0.2) is 10.2 Å². The second-order valence-corrected chi connectivity index (χ2v) is 12.1. The molecule has 0 fully saturated rings. The lowest BCUT2D eigenvalue weighted by atomic mass is 9.67. The van der Waals surface area contributed by atoms with Gasteiger partial charge in [-0.1, -0.05) is 48.5 Å². The standard InChI is InChI=1S/C25H14I4O2/c26-19-9-13(10-20(27)23(19)30)25(14-11-21(28)24(31)22(29)12-14)17-7-3-1-5-15(17)16-6-2-4-8-18(16)25/h1-12,30-31H. The number of halogens is 4. The molecule has 31 heavy (non-hydrogen) atoms. The van der Waals surface area contributed by atoms with E-state index < -0.39 is 5.41 Å². The first kappa shape index (κ1) is 22.2. The van der Waals surface area contributed by atoms with Crippen LogP contribution in [0.25, 0.3) is 11.1 Å². The summed E-state index contributed by atoms with van der Waals surface area (Å²) in [5.41, 5.74) is 6.52. The van der Waals surface area contributed by atoms with Gasteiger partial charge < -0.3 is 10.2 Å². The summed E-state index contributed by atoms with van der Waals surface area (Å²) >= 11 is 8.83. The zero-order chi connectivity index (χ0) is 21.9. The molecule has 0 unspecified atom stereocenters. The first-order valence-corrected chi connectivity index (χ1v) is 13.7. The van der Waals surface area contributed by atoms with Gasteiger partial charge in [0.25, 0.3) is 0 Å². The van der Waals surface area contributed by atoms with Crippen LogP contribution in [0.2, 0.25) is 0 Å². The summed E-state index contributed by atoms with van der Waals surface area (Å²) in [5.74, 6) is 0.629. The molecule has 0 amide bonds. The quantitative estimate of drug-likeness (QED) is 0.178. The van der Waals surface area contributed by atoms with E-state index in [0.717, 1.165) is 25.4 Å². The number of rotatable bonds is 2. The van der Waals surface area contributed by atoms with E-state index in [2.05, 4.69) is 163 Å². The average Bonchev–Trinajstić information content (AvgIpc) is 3.06. The maximum atomic E-state index is 10.5. The third-order valence-electron chi connectivity index (χ3n) is 5.85. The molecule has 0 atom stereocenters. The molecule has 5 rings (SSSR count). The van der Waals surface area contributed by atoms with Gasteiger partial charge >= 0.3 is 0 Å². The van der Waals surface area contributed by atoms with Crippen LogP contribution in [-0.2, 0) is 5.41 Å². The zero-order valence-corrected chi connectivity index (χ0v) is 24.5. The highest BCUT2D eigenvalue weighted by atomic mass is 127. The smallest absolute Gasteiger partial charge is 0.142 e.